The normalized spacial score (nSPS) is 15.5. The summed E-state index contributed by atoms with van der Waals surface area (Å²) in [7, 11) is 2.01. The third-order valence-corrected chi connectivity index (χ3v) is 2.91. The van der Waals surface area contributed by atoms with Crippen molar-refractivity contribution in [1.29, 1.82) is 0 Å². The van der Waals surface area contributed by atoms with Crippen molar-refractivity contribution in [2.24, 2.45) is 12.8 Å². The number of hydrogen-bond donors (Lipinski definition) is 1. The predicted octanol–water partition coefficient (Wildman–Crippen LogP) is 1.42. The Kier molecular flexibility index (Phi) is 2.44. The van der Waals surface area contributed by atoms with Crippen molar-refractivity contribution in [3.05, 3.63) is 24.3 Å². The lowest BCUT2D eigenvalue weighted by Gasteiger charge is -2.14. The molecule has 0 bridgehead atoms. The molecule has 2 heterocycles. The molecule has 2 unspecified atom stereocenters. The zero-order valence-electron chi connectivity index (χ0n) is 9.31. The monoisotopic (exact) mass is 204 g/mol. The molecule has 0 aliphatic rings. The maximum atomic E-state index is 5.89. The van der Waals surface area contributed by atoms with Crippen molar-refractivity contribution >= 4 is 11.0 Å². The molecule has 0 aliphatic carbocycles. The first kappa shape index (κ1) is 10.1. The summed E-state index contributed by atoms with van der Waals surface area (Å²) >= 11 is 0. The molecule has 2 atom stereocenters. The molecule has 2 aromatic rings. The molecule has 2 rings (SSSR count). The van der Waals surface area contributed by atoms with Crippen LogP contribution in [0.25, 0.3) is 11.0 Å². The fourth-order valence-corrected chi connectivity index (χ4v) is 1.70. The van der Waals surface area contributed by atoms with Gasteiger partial charge in [0.25, 0.3) is 0 Å². The Labute approximate surface area is 89.1 Å². The van der Waals surface area contributed by atoms with E-state index in [1.165, 1.54) is 0 Å². The van der Waals surface area contributed by atoms with Gasteiger partial charge >= 0.3 is 0 Å². The highest BCUT2D eigenvalue weighted by atomic mass is 15.1. The number of aromatic nitrogens is 3. The molecule has 2 N–H and O–H groups in total. The highest BCUT2D eigenvalue weighted by Crippen LogP contribution is 2.21. The number of imidazole rings is 1. The first-order chi connectivity index (χ1) is 7.11. The summed E-state index contributed by atoms with van der Waals surface area (Å²) < 4.78 is 2.07. The molecule has 0 spiro atoms. The van der Waals surface area contributed by atoms with E-state index < -0.39 is 0 Å². The van der Waals surface area contributed by atoms with Crippen LogP contribution in [0, 0.1) is 0 Å². The van der Waals surface area contributed by atoms with Crippen molar-refractivity contribution in [1.82, 2.24) is 14.5 Å². The van der Waals surface area contributed by atoms with Crippen LogP contribution < -0.4 is 5.73 Å². The molecular weight excluding hydrogens is 188 g/mol. The standard InChI is InChI=1S/C11H16N4/c1-7(8(2)12)11-14-9-4-5-13-6-10(9)15(11)3/h4-8H,12H2,1-3H3. The lowest BCUT2D eigenvalue weighted by molar-refractivity contribution is 0.565. The molecule has 0 radical (unpaired) electrons. The van der Waals surface area contributed by atoms with E-state index in [0.717, 1.165) is 16.9 Å². The van der Waals surface area contributed by atoms with Gasteiger partial charge in [-0.1, -0.05) is 6.92 Å². The molecule has 15 heavy (non-hydrogen) atoms. The van der Waals surface area contributed by atoms with Gasteiger partial charge in [0.2, 0.25) is 0 Å². The highest BCUT2D eigenvalue weighted by Gasteiger charge is 2.17. The Balaban J connectivity index is 2.58. The summed E-state index contributed by atoms with van der Waals surface area (Å²) in [6.45, 7) is 4.10. The van der Waals surface area contributed by atoms with Crippen molar-refractivity contribution in [3.63, 3.8) is 0 Å². The van der Waals surface area contributed by atoms with Crippen LogP contribution in [-0.2, 0) is 7.05 Å². The quantitative estimate of drug-likeness (QED) is 0.804. The number of fused-ring (bicyclic) bond motifs is 1. The highest BCUT2D eigenvalue weighted by molar-refractivity contribution is 5.74. The largest absolute Gasteiger partial charge is 0.330 e. The van der Waals surface area contributed by atoms with E-state index in [1.54, 1.807) is 6.20 Å². The summed E-state index contributed by atoms with van der Waals surface area (Å²) in [6, 6.07) is 2.03. The molecule has 2 aromatic heterocycles. The van der Waals surface area contributed by atoms with Crippen LogP contribution in [0.1, 0.15) is 25.6 Å². The molecule has 0 saturated heterocycles. The van der Waals surface area contributed by atoms with Gasteiger partial charge in [-0.15, -0.1) is 0 Å². The second kappa shape index (κ2) is 3.62. The van der Waals surface area contributed by atoms with Gasteiger partial charge in [0.1, 0.15) is 5.82 Å². The third kappa shape index (κ3) is 1.61. The molecule has 0 aliphatic heterocycles. The number of pyridine rings is 1. The van der Waals surface area contributed by atoms with Gasteiger partial charge in [0, 0.05) is 25.2 Å². The van der Waals surface area contributed by atoms with Gasteiger partial charge in [0.05, 0.1) is 17.2 Å². The zero-order chi connectivity index (χ0) is 11.0. The van der Waals surface area contributed by atoms with Crippen LogP contribution in [0.15, 0.2) is 18.5 Å². The minimum atomic E-state index is 0.105. The van der Waals surface area contributed by atoms with Gasteiger partial charge in [-0.2, -0.15) is 0 Å². The smallest absolute Gasteiger partial charge is 0.114 e. The molecule has 0 saturated carbocycles. The predicted molar refractivity (Wildman–Crippen MR) is 60.6 cm³/mol. The second-order valence-electron chi connectivity index (χ2n) is 4.04. The zero-order valence-corrected chi connectivity index (χ0v) is 9.31. The Morgan fingerprint density at radius 2 is 2.13 bits per heavy atom. The van der Waals surface area contributed by atoms with Crippen LogP contribution in [0.4, 0.5) is 0 Å². The summed E-state index contributed by atoms with van der Waals surface area (Å²) in [5, 5.41) is 0. The SMILES string of the molecule is CC(N)C(C)c1nc2ccncc2n1C. The molecule has 80 valence electrons. The van der Waals surface area contributed by atoms with Crippen LogP contribution in [0.2, 0.25) is 0 Å². The summed E-state index contributed by atoms with van der Waals surface area (Å²) in [6.07, 6.45) is 3.59. The fourth-order valence-electron chi connectivity index (χ4n) is 1.70. The van der Waals surface area contributed by atoms with Crippen molar-refractivity contribution < 1.29 is 0 Å². The second-order valence-corrected chi connectivity index (χ2v) is 4.04. The van der Waals surface area contributed by atoms with Gasteiger partial charge in [0.15, 0.2) is 0 Å². The minimum Gasteiger partial charge on any atom is -0.330 e. The van der Waals surface area contributed by atoms with Gasteiger partial charge < -0.3 is 10.3 Å². The lowest BCUT2D eigenvalue weighted by Crippen LogP contribution is -2.24. The van der Waals surface area contributed by atoms with Gasteiger partial charge in [-0.3, -0.25) is 4.98 Å². The molecule has 4 nitrogen and oxygen atoms in total. The fraction of sp³-hybridized carbons (Fsp3) is 0.455. The Bertz CT molecular complexity index is 472. The van der Waals surface area contributed by atoms with Crippen molar-refractivity contribution in [2.75, 3.05) is 0 Å². The Morgan fingerprint density at radius 3 is 2.73 bits per heavy atom. The minimum absolute atomic E-state index is 0.105. The van der Waals surface area contributed by atoms with E-state index in [9.17, 15) is 0 Å². The number of nitrogens with zero attached hydrogens (tertiary/aromatic N) is 3. The first-order valence-corrected chi connectivity index (χ1v) is 5.13. The maximum absolute atomic E-state index is 5.89. The Morgan fingerprint density at radius 1 is 1.40 bits per heavy atom. The first-order valence-electron chi connectivity index (χ1n) is 5.13. The summed E-state index contributed by atoms with van der Waals surface area (Å²) in [5.74, 6) is 1.27. The van der Waals surface area contributed by atoms with E-state index in [4.69, 9.17) is 5.73 Å². The molecule has 0 fully saturated rings. The number of rotatable bonds is 2. The van der Waals surface area contributed by atoms with Gasteiger partial charge in [-0.05, 0) is 13.0 Å². The van der Waals surface area contributed by atoms with E-state index >= 15 is 0 Å². The third-order valence-electron chi connectivity index (χ3n) is 2.91. The summed E-state index contributed by atoms with van der Waals surface area (Å²) in [4.78, 5) is 8.68. The van der Waals surface area contributed by atoms with Gasteiger partial charge in [-0.25, -0.2) is 4.98 Å². The van der Waals surface area contributed by atoms with Crippen LogP contribution >= 0.6 is 0 Å². The van der Waals surface area contributed by atoms with Crippen LogP contribution in [0.3, 0.4) is 0 Å². The topological polar surface area (TPSA) is 56.7 Å². The van der Waals surface area contributed by atoms with Crippen LogP contribution in [0.5, 0.6) is 0 Å². The van der Waals surface area contributed by atoms with Crippen molar-refractivity contribution in [2.45, 2.75) is 25.8 Å². The average molecular weight is 204 g/mol. The maximum Gasteiger partial charge on any atom is 0.114 e. The Hall–Kier alpha value is -1.42. The molecular formula is C11H16N4. The molecule has 0 amide bonds. The number of aryl methyl sites for hydroxylation is 1. The molecule has 0 aromatic carbocycles. The summed E-state index contributed by atoms with van der Waals surface area (Å²) in [5.41, 5.74) is 7.93. The van der Waals surface area contributed by atoms with E-state index in [-0.39, 0.29) is 12.0 Å². The van der Waals surface area contributed by atoms with Crippen LogP contribution in [-0.4, -0.2) is 20.6 Å². The average Bonchev–Trinajstić information content (AvgIpc) is 2.56. The number of hydrogen-bond acceptors (Lipinski definition) is 3. The lowest BCUT2D eigenvalue weighted by atomic mass is 10.0. The number of nitrogens with two attached hydrogens (primary N) is 1. The van der Waals surface area contributed by atoms with E-state index in [2.05, 4.69) is 21.5 Å². The molecule has 4 heteroatoms. The van der Waals surface area contributed by atoms with E-state index in [0.29, 0.717) is 0 Å². The van der Waals surface area contributed by atoms with Crippen molar-refractivity contribution in [3.8, 4) is 0 Å². The van der Waals surface area contributed by atoms with E-state index in [1.807, 2.05) is 26.2 Å².